The molecule has 0 unspecified atom stereocenters. The number of aromatic hydroxyl groups is 3. The van der Waals surface area contributed by atoms with Gasteiger partial charge in [-0.05, 0) is 52.3 Å². The second-order valence-corrected chi connectivity index (χ2v) is 5.99. The van der Waals surface area contributed by atoms with Crippen LogP contribution in [0.25, 0.3) is 6.08 Å². The van der Waals surface area contributed by atoms with Crippen LogP contribution >= 0.6 is 31.9 Å². The molecule has 0 heterocycles. The van der Waals surface area contributed by atoms with E-state index in [1.165, 1.54) is 24.3 Å². The molecule has 21 heavy (non-hydrogen) atoms. The topological polar surface area (TPSA) is 77.8 Å². The van der Waals surface area contributed by atoms with Crippen molar-refractivity contribution in [1.29, 1.82) is 0 Å². The fourth-order valence-electron chi connectivity index (χ4n) is 1.66. The zero-order valence-corrected chi connectivity index (χ0v) is 13.7. The summed E-state index contributed by atoms with van der Waals surface area (Å²) in [5, 5.41) is 28.8. The van der Waals surface area contributed by atoms with Crippen LogP contribution in [0.1, 0.15) is 15.9 Å². The fourth-order valence-corrected chi connectivity index (χ4v) is 2.38. The third-order valence-corrected chi connectivity index (χ3v) is 3.86. The first-order valence-electron chi connectivity index (χ1n) is 5.81. The Morgan fingerprint density at radius 1 is 0.952 bits per heavy atom. The Morgan fingerprint density at radius 3 is 2.38 bits per heavy atom. The van der Waals surface area contributed by atoms with Gasteiger partial charge in [0, 0.05) is 16.1 Å². The lowest BCUT2D eigenvalue weighted by Crippen LogP contribution is -1.95. The number of phenolic OH excluding ortho intramolecular Hbond substituents is 3. The Morgan fingerprint density at radius 2 is 1.67 bits per heavy atom. The molecule has 0 radical (unpaired) electrons. The van der Waals surface area contributed by atoms with Crippen LogP contribution in [0.15, 0.2) is 45.4 Å². The summed E-state index contributed by atoms with van der Waals surface area (Å²) < 4.78 is 1.07. The summed E-state index contributed by atoms with van der Waals surface area (Å²) in [5.41, 5.74) is 0.514. The number of halogens is 2. The second kappa shape index (κ2) is 6.32. The molecule has 0 saturated heterocycles. The van der Waals surface area contributed by atoms with Gasteiger partial charge in [-0.2, -0.15) is 0 Å². The quantitative estimate of drug-likeness (QED) is 0.519. The van der Waals surface area contributed by atoms with E-state index in [0.29, 0.717) is 10.0 Å². The Hall–Kier alpha value is -1.79. The second-order valence-electron chi connectivity index (χ2n) is 4.22. The molecule has 0 bridgehead atoms. The third-order valence-electron chi connectivity index (χ3n) is 2.73. The van der Waals surface area contributed by atoms with E-state index >= 15 is 0 Å². The fraction of sp³-hybridized carbons (Fsp3) is 0. The molecule has 2 rings (SSSR count). The number of ketones is 1. The van der Waals surface area contributed by atoms with E-state index in [1.807, 2.05) is 0 Å². The molecule has 0 aliphatic carbocycles. The predicted molar refractivity (Wildman–Crippen MR) is 86.6 cm³/mol. The minimum absolute atomic E-state index is 0.0401. The lowest BCUT2D eigenvalue weighted by atomic mass is 10.1. The van der Waals surface area contributed by atoms with Crippen molar-refractivity contribution in [2.45, 2.75) is 0 Å². The molecule has 2 aromatic rings. The van der Waals surface area contributed by atoms with E-state index in [4.69, 9.17) is 0 Å². The molecule has 0 aliphatic heterocycles. The highest BCUT2D eigenvalue weighted by Gasteiger charge is 2.12. The number of hydrogen-bond acceptors (Lipinski definition) is 4. The van der Waals surface area contributed by atoms with Crippen LogP contribution in [0.4, 0.5) is 0 Å². The zero-order chi connectivity index (χ0) is 15.6. The van der Waals surface area contributed by atoms with Gasteiger partial charge in [0.15, 0.2) is 5.78 Å². The maximum Gasteiger partial charge on any atom is 0.189 e. The largest absolute Gasteiger partial charge is 0.507 e. The van der Waals surface area contributed by atoms with Crippen LogP contribution in [0.3, 0.4) is 0 Å². The molecule has 3 N–H and O–H groups in total. The van der Waals surface area contributed by atoms with E-state index in [2.05, 4.69) is 31.9 Å². The lowest BCUT2D eigenvalue weighted by molar-refractivity contribution is 0.104. The molecular weight excluding hydrogens is 404 g/mol. The number of carbonyl (C=O) groups excluding carboxylic acids is 1. The van der Waals surface area contributed by atoms with Gasteiger partial charge in [0.2, 0.25) is 0 Å². The van der Waals surface area contributed by atoms with E-state index in [9.17, 15) is 20.1 Å². The van der Waals surface area contributed by atoms with Gasteiger partial charge in [-0.3, -0.25) is 4.79 Å². The van der Waals surface area contributed by atoms with Crippen molar-refractivity contribution >= 4 is 43.7 Å². The zero-order valence-electron chi connectivity index (χ0n) is 10.5. The highest BCUT2D eigenvalue weighted by molar-refractivity contribution is 9.10. The maximum atomic E-state index is 12.1. The van der Waals surface area contributed by atoms with Gasteiger partial charge in [-0.1, -0.05) is 15.9 Å². The van der Waals surface area contributed by atoms with Crippen LogP contribution in [-0.2, 0) is 0 Å². The molecular formula is C15H10Br2O4. The Labute approximate surface area is 137 Å². The molecule has 0 saturated carbocycles. The van der Waals surface area contributed by atoms with Crippen molar-refractivity contribution in [2.24, 2.45) is 0 Å². The van der Waals surface area contributed by atoms with Crippen molar-refractivity contribution in [2.75, 3.05) is 0 Å². The SMILES string of the molecule is O=C(/C=C/c1cc(Br)ccc1O)c1cc(Br)c(O)cc1O. The molecule has 108 valence electrons. The summed E-state index contributed by atoms with van der Waals surface area (Å²) in [6, 6.07) is 7.26. The maximum absolute atomic E-state index is 12.1. The van der Waals surface area contributed by atoms with Gasteiger partial charge < -0.3 is 15.3 Å². The van der Waals surface area contributed by atoms with E-state index < -0.39 is 5.78 Å². The minimum atomic E-state index is -0.451. The first-order valence-corrected chi connectivity index (χ1v) is 7.39. The Kier molecular flexibility index (Phi) is 4.69. The van der Waals surface area contributed by atoms with Gasteiger partial charge >= 0.3 is 0 Å². The van der Waals surface area contributed by atoms with Gasteiger partial charge in [0.1, 0.15) is 17.2 Å². The summed E-state index contributed by atoms with van der Waals surface area (Å²) in [6.45, 7) is 0. The van der Waals surface area contributed by atoms with E-state index in [-0.39, 0.29) is 22.8 Å². The summed E-state index contributed by atoms with van der Waals surface area (Å²) in [4.78, 5) is 12.1. The summed E-state index contributed by atoms with van der Waals surface area (Å²) >= 11 is 6.36. The summed E-state index contributed by atoms with van der Waals surface area (Å²) in [6.07, 6.45) is 2.68. The molecule has 6 heteroatoms. The Balaban J connectivity index is 2.31. The van der Waals surface area contributed by atoms with Gasteiger partial charge in [0.05, 0.1) is 10.0 Å². The number of rotatable bonds is 3. The van der Waals surface area contributed by atoms with Crippen LogP contribution in [0, 0.1) is 0 Å². The smallest absolute Gasteiger partial charge is 0.189 e. The van der Waals surface area contributed by atoms with Crippen molar-refractivity contribution in [3.63, 3.8) is 0 Å². The van der Waals surface area contributed by atoms with Crippen LogP contribution in [-0.4, -0.2) is 21.1 Å². The van der Waals surface area contributed by atoms with Crippen LogP contribution in [0.2, 0.25) is 0 Å². The van der Waals surface area contributed by atoms with Crippen molar-refractivity contribution in [3.05, 3.63) is 56.5 Å². The number of allylic oxidation sites excluding steroid dienone is 1. The average molecular weight is 414 g/mol. The molecule has 4 nitrogen and oxygen atoms in total. The average Bonchev–Trinajstić information content (AvgIpc) is 2.43. The number of hydrogen-bond donors (Lipinski definition) is 3. The molecule has 0 amide bonds. The van der Waals surface area contributed by atoms with Crippen molar-refractivity contribution < 1.29 is 20.1 Å². The number of carbonyl (C=O) groups is 1. The standard InChI is InChI=1S/C15H10Br2O4/c16-9-2-4-12(18)8(5-9)1-3-13(19)10-6-11(17)15(21)7-14(10)20/h1-7,18,20-21H/b3-1+. The van der Waals surface area contributed by atoms with E-state index in [1.54, 1.807) is 12.1 Å². The third kappa shape index (κ3) is 3.65. The van der Waals surface area contributed by atoms with E-state index in [0.717, 1.165) is 10.5 Å². The molecule has 2 aromatic carbocycles. The van der Waals surface area contributed by atoms with Crippen LogP contribution < -0.4 is 0 Å². The van der Waals surface area contributed by atoms with Crippen LogP contribution in [0.5, 0.6) is 17.2 Å². The molecule has 0 aliphatic rings. The predicted octanol–water partition coefficient (Wildman–Crippen LogP) is 4.22. The summed E-state index contributed by atoms with van der Waals surface area (Å²) in [7, 11) is 0. The minimum Gasteiger partial charge on any atom is -0.507 e. The van der Waals surface area contributed by atoms with Gasteiger partial charge in [-0.25, -0.2) is 0 Å². The first kappa shape index (κ1) is 15.6. The molecule has 0 spiro atoms. The number of benzene rings is 2. The first-order chi connectivity index (χ1) is 9.88. The molecule has 0 atom stereocenters. The lowest BCUT2D eigenvalue weighted by Gasteiger charge is -2.04. The molecule has 0 fully saturated rings. The van der Waals surface area contributed by atoms with Gasteiger partial charge in [-0.15, -0.1) is 0 Å². The Bertz CT molecular complexity index is 739. The van der Waals surface area contributed by atoms with Crippen molar-refractivity contribution in [3.8, 4) is 17.2 Å². The van der Waals surface area contributed by atoms with Crippen molar-refractivity contribution in [1.82, 2.24) is 0 Å². The number of phenols is 3. The normalized spacial score (nSPS) is 11.0. The highest BCUT2D eigenvalue weighted by atomic mass is 79.9. The molecule has 0 aromatic heterocycles. The highest BCUT2D eigenvalue weighted by Crippen LogP contribution is 2.32. The monoisotopic (exact) mass is 412 g/mol. The summed E-state index contributed by atoms with van der Waals surface area (Å²) in [5.74, 6) is -0.882. The van der Waals surface area contributed by atoms with Gasteiger partial charge in [0.25, 0.3) is 0 Å².